The van der Waals surface area contributed by atoms with E-state index >= 15 is 0 Å². The van der Waals surface area contributed by atoms with E-state index < -0.39 is 0 Å². The molecule has 2 heterocycles. The lowest BCUT2D eigenvalue weighted by Gasteiger charge is -1.86. The second-order valence-electron chi connectivity index (χ2n) is 2.09. The van der Waals surface area contributed by atoms with E-state index in [9.17, 15) is 0 Å². The van der Waals surface area contributed by atoms with Gasteiger partial charge < -0.3 is 5.32 Å². The van der Waals surface area contributed by atoms with E-state index in [2.05, 4.69) is 20.3 Å². The molecule has 0 aliphatic carbocycles. The number of nitrogens with zero attached hydrogens (tertiary/aromatic N) is 3. The highest BCUT2D eigenvalue weighted by atomic mass is 35.5. The van der Waals surface area contributed by atoms with Gasteiger partial charge in [-0.3, -0.25) is 0 Å². The SMILES string of the molecule is CC.CNc1nc2ncnc(Cl)c2s1. The zero-order chi connectivity index (χ0) is 10.6. The summed E-state index contributed by atoms with van der Waals surface area (Å²) in [6.45, 7) is 4.00. The predicted molar refractivity (Wildman–Crippen MR) is 61.1 cm³/mol. The van der Waals surface area contributed by atoms with Crippen LogP contribution in [0.5, 0.6) is 0 Å². The highest BCUT2D eigenvalue weighted by molar-refractivity contribution is 7.22. The van der Waals surface area contributed by atoms with Gasteiger partial charge in [0.2, 0.25) is 0 Å². The van der Waals surface area contributed by atoms with Crippen LogP contribution in [0.4, 0.5) is 5.13 Å². The Labute approximate surface area is 91.4 Å². The van der Waals surface area contributed by atoms with E-state index in [0.717, 1.165) is 9.83 Å². The molecule has 0 atom stereocenters. The third-order valence-electron chi connectivity index (χ3n) is 1.36. The van der Waals surface area contributed by atoms with E-state index in [4.69, 9.17) is 11.6 Å². The van der Waals surface area contributed by atoms with Crippen LogP contribution < -0.4 is 5.32 Å². The highest BCUT2D eigenvalue weighted by Gasteiger charge is 2.06. The van der Waals surface area contributed by atoms with Gasteiger partial charge in [-0.25, -0.2) is 9.97 Å². The molecular weight excluding hydrogens is 220 g/mol. The lowest BCUT2D eigenvalue weighted by molar-refractivity contribution is 1.20. The molecule has 0 unspecified atom stereocenters. The van der Waals surface area contributed by atoms with Crippen LogP contribution in [-0.2, 0) is 0 Å². The number of rotatable bonds is 1. The zero-order valence-electron chi connectivity index (χ0n) is 8.21. The molecule has 6 heteroatoms. The molecular formula is C8H11ClN4S. The topological polar surface area (TPSA) is 50.7 Å². The molecule has 0 aliphatic rings. The molecule has 0 spiro atoms. The summed E-state index contributed by atoms with van der Waals surface area (Å²) in [5.74, 6) is 0. The Balaban J connectivity index is 0.000000461. The van der Waals surface area contributed by atoms with Crippen molar-refractivity contribution < 1.29 is 0 Å². The minimum Gasteiger partial charge on any atom is -0.365 e. The molecule has 0 aliphatic heterocycles. The number of hydrogen-bond donors (Lipinski definition) is 1. The third-order valence-corrected chi connectivity index (χ3v) is 2.83. The van der Waals surface area contributed by atoms with Crippen LogP contribution in [0.2, 0.25) is 5.15 Å². The maximum Gasteiger partial charge on any atom is 0.185 e. The summed E-state index contributed by atoms with van der Waals surface area (Å²) in [5.41, 5.74) is 0.643. The highest BCUT2D eigenvalue weighted by Crippen LogP contribution is 2.28. The first kappa shape index (κ1) is 11.1. The number of halogens is 1. The van der Waals surface area contributed by atoms with Gasteiger partial charge in [-0.1, -0.05) is 36.8 Å². The summed E-state index contributed by atoms with van der Waals surface area (Å²) in [6.07, 6.45) is 1.41. The van der Waals surface area contributed by atoms with Crippen LogP contribution in [0, 0.1) is 0 Å². The van der Waals surface area contributed by atoms with Crippen LogP contribution in [-0.4, -0.2) is 22.0 Å². The van der Waals surface area contributed by atoms with E-state index in [-0.39, 0.29) is 0 Å². The van der Waals surface area contributed by atoms with Gasteiger partial charge in [-0.05, 0) is 0 Å². The third kappa shape index (κ3) is 2.10. The molecule has 4 nitrogen and oxygen atoms in total. The van der Waals surface area contributed by atoms with Crippen molar-refractivity contribution >= 4 is 38.4 Å². The van der Waals surface area contributed by atoms with Gasteiger partial charge in [0, 0.05) is 7.05 Å². The molecule has 0 radical (unpaired) electrons. The van der Waals surface area contributed by atoms with E-state index in [1.807, 2.05) is 13.8 Å². The van der Waals surface area contributed by atoms with Crippen LogP contribution in [0.15, 0.2) is 6.33 Å². The number of thiazole rings is 1. The Morgan fingerprint density at radius 1 is 1.36 bits per heavy atom. The fourth-order valence-electron chi connectivity index (χ4n) is 0.834. The van der Waals surface area contributed by atoms with Crippen molar-refractivity contribution in [3.63, 3.8) is 0 Å². The van der Waals surface area contributed by atoms with E-state index in [0.29, 0.717) is 10.8 Å². The van der Waals surface area contributed by atoms with Crippen LogP contribution in [0.1, 0.15) is 13.8 Å². The summed E-state index contributed by atoms with van der Waals surface area (Å²) >= 11 is 7.26. The predicted octanol–water partition coefficient (Wildman–Crippen LogP) is 2.81. The van der Waals surface area contributed by atoms with Crippen LogP contribution in [0.3, 0.4) is 0 Å². The average Bonchev–Trinajstić information content (AvgIpc) is 2.65. The summed E-state index contributed by atoms with van der Waals surface area (Å²) in [5, 5.41) is 4.18. The first-order valence-corrected chi connectivity index (χ1v) is 5.45. The normalized spacial score (nSPS) is 9.43. The second kappa shape index (κ2) is 5.07. The molecule has 1 N–H and O–H groups in total. The molecule has 0 saturated heterocycles. The van der Waals surface area contributed by atoms with Gasteiger partial charge in [0.1, 0.15) is 11.0 Å². The minimum atomic E-state index is 0.457. The quantitative estimate of drug-likeness (QED) is 0.766. The first-order chi connectivity index (χ1) is 6.81. The monoisotopic (exact) mass is 230 g/mol. The van der Waals surface area contributed by atoms with Crippen molar-refractivity contribution in [1.82, 2.24) is 15.0 Å². The Bertz CT molecular complexity index is 415. The molecule has 2 aromatic rings. The smallest absolute Gasteiger partial charge is 0.185 e. The molecule has 76 valence electrons. The standard InChI is InChI=1S/C6H5ClN4S.C2H6/c1-8-6-11-5-3(12-6)4(7)9-2-10-5;1-2/h2H,1H3,(H,8,9,10,11);1-2H3. The number of anilines is 1. The van der Waals surface area contributed by atoms with Crippen LogP contribution in [0.25, 0.3) is 10.3 Å². The summed E-state index contributed by atoms with van der Waals surface area (Å²) in [7, 11) is 1.80. The lowest BCUT2D eigenvalue weighted by Crippen LogP contribution is -1.85. The molecule has 0 amide bonds. The zero-order valence-corrected chi connectivity index (χ0v) is 9.78. The fourth-order valence-corrected chi connectivity index (χ4v) is 1.83. The van der Waals surface area contributed by atoms with Gasteiger partial charge in [0.25, 0.3) is 0 Å². The van der Waals surface area contributed by atoms with Crippen molar-refractivity contribution in [2.75, 3.05) is 12.4 Å². The molecule has 2 rings (SSSR count). The number of nitrogens with one attached hydrogen (secondary N) is 1. The largest absolute Gasteiger partial charge is 0.365 e. The average molecular weight is 231 g/mol. The second-order valence-corrected chi connectivity index (χ2v) is 3.44. The Morgan fingerprint density at radius 2 is 2.07 bits per heavy atom. The van der Waals surface area contributed by atoms with Crippen molar-refractivity contribution in [2.24, 2.45) is 0 Å². The van der Waals surface area contributed by atoms with Crippen LogP contribution >= 0.6 is 22.9 Å². The molecule has 0 bridgehead atoms. The molecule has 0 saturated carbocycles. The Kier molecular flexibility index (Phi) is 4.03. The lowest BCUT2D eigenvalue weighted by atomic mass is 10.6. The van der Waals surface area contributed by atoms with Crippen molar-refractivity contribution in [2.45, 2.75) is 13.8 Å². The maximum atomic E-state index is 5.82. The number of hydrogen-bond acceptors (Lipinski definition) is 5. The van der Waals surface area contributed by atoms with Crippen molar-refractivity contribution in [1.29, 1.82) is 0 Å². The summed E-state index contributed by atoms with van der Waals surface area (Å²) in [4.78, 5) is 12.0. The molecule has 0 fully saturated rings. The first-order valence-electron chi connectivity index (χ1n) is 4.26. The van der Waals surface area contributed by atoms with Gasteiger partial charge in [0.15, 0.2) is 15.9 Å². The Hall–Kier alpha value is -0.940. The Morgan fingerprint density at radius 3 is 2.64 bits per heavy atom. The summed E-state index contributed by atoms with van der Waals surface area (Å²) < 4.78 is 0.823. The van der Waals surface area contributed by atoms with Gasteiger partial charge in [0.05, 0.1) is 0 Å². The van der Waals surface area contributed by atoms with Gasteiger partial charge >= 0.3 is 0 Å². The number of aromatic nitrogens is 3. The van der Waals surface area contributed by atoms with Gasteiger partial charge in [-0.2, -0.15) is 4.98 Å². The maximum absolute atomic E-state index is 5.82. The van der Waals surface area contributed by atoms with Gasteiger partial charge in [-0.15, -0.1) is 0 Å². The summed E-state index contributed by atoms with van der Waals surface area (Å²) in [6, 6.07) is 0. The molecule has 14 heavy (non-hydrogen) atoms. The molecule has 0 aromatic carbocycles. The molecule has 2 aromatic heterocycles. The fraction of sp³-hybridized carbons (Fsp3) is 0.375. The van der Waals surface area contributed by atoms with Crippen molar-refractivity contribution in [3.8, 4) is 0 Å². The number of fused-ring (bicyclic) bond motifs is 1. The van der Waals surface area contributed by atoms with E-state index in [1.54, 1.807) is 7.05 Å². The van der Waals surface area contributed by atoms with E-state index in [1.165, 1.54) is 17.7 Å². The van der Waals surface area contributed by atoms with Crippen molar-refractivity contribution in [3.05, 3.63) is 11.5 Å². The minimum absolute atomic E-state index is 0.457.